The maximum atomic E-state index is 9.47. The zero-order chi connectivity index (χ0) is 8.97. The van der Waals surface area contributed by atoms with Crippen molar-refractivity contribution in [2.24, 2.45) is 0 Å². The number of rotatable bonds is 3. The molecule has 0 aromatic heterocycles. The predicted molar refractivity (Wildman–Crippen MR) is 50.6 cm³/mol. The van der Waals surface area contributed by atoms with Crippen LogP contribution in [0.25, 0.3) is 0 Å². The third-order valence-corrected chi connectivity index (χ3v) is 1.95. The van der Waals surface area contributed by atoms with Crippen LogP contribution in [0.15, 0.2) is 24.3 Å². The largest absolute Gasteiger partial charge is 0.288 e. The maximum absolute atomic E-state index is 9.47. The molecule has 2 nitrogen and oxygen atoms in total. The van der Waals surface area contributed by atoms with Crippen LogP contribution in [0, 0.1) is 0 Å². The summed E-state index contributed by atoms with van der Waals surface area (Å²) in [6.45, 7) is 4.63. The molecule has 1 N–H and O–H groups in total. The Balaban J connectivity index is 2.96. The summed E-state index contributed by atoms with van der Waals surface area (Å²) in [4.78, 5) is 0. The van der Waals surface area contributed by atoms with Crippen molar-refractivity contribution in [2.75, 3.05) is 11.6 Å². The summed E-state index contributed by atoms with van der Waals surface area (Å²) in [5.74, 6) is 0. The van der Waals surface area contributed by atoms with Crippen LogP contribution in [-0.4, -0.2) is 11.8 Å². The van der Waals surface area contributed by atoms with Crippen LogP contribution in [-0.2, 0) is 6.42 Å². The fourth-order valence-electron chi connectivity index (χ4n) is 1.23. The lowest BCUT2D eigenvalue weighted by Gasteiger charge is -2.17. The molecule has 2 heteroatoms. The predicted octanol–water partition coefficient (Wildman–Crippen LogP) is 2.46. The van der Waals surface area contributed by atoms with E-state index < -0.39 is 0 Å². The molecular weight excluding hydrogens is 150 g/mol. The topological polar surface area (TPSA) is 23.5 Å². The van der Waals surface area contributed by atoms with Gasteiger partial charge in [-0.15, -0.1) is 0 Å². The number of para-hydroxylation sites is 1. The lowest BCUT2D eigenvalue weighted by Crippen LogP contribution is -2.18. The van der Waals surface area contributed by atoms with Crippen molar-refractivity contribution in [3.63, 3.8) is 0 Å². The Kier molecular flexibility index (Phi) is 3.11. The van der Waals surface area contributed by atoms with Crippen molar-refractivity contribution in [1.29, 1.82) is 0 Å². The summed E-state index contributed by atoms with van der Waals surface area (Å²) < 4.78 is 0. The van der Waals surface area contributed by atoms with Crippen LogP contribution in [0.2, 0.25) is 0 Å². The minimum Gasteiger partial charge on any atom is -0.288 e. The summed E-state index contributed by atoms with van der Waals surface area (Å²) in [6, 6.07) is 7.90. The molecule has 12 heavy (non-hydrogen) atoms. The molecule has 1 aromatic carbocycles. The average molecular weight is 165 g/mol. The molecule has 0 amide bonds. The second-order valence-corrected chi connectivity index (χ2v) is 2.70. The zero-order valence-corrected chi connectivity index (χ0v) is 7.62. The van der Waals surface area contributed by atoms with E-state index in [9.17, 15) is 5.21 Å². The van der Waals surface area contributed by atoms with E-state index in [4.69, 9.17) is 0 Å². The van der Waals surface area contributed by atoms with Crippen LogP contribution in [0.3, 0.4) is 0 Å². The highest BCUT2D eigenvalue weighted by Gasteiger charge is 2.03. The number of hydrogen-bond acceptors (Lipinski definition) is 2. The molecule has 0 bridgehead atoms. The molecule has 1 aromatic rings. The molecule has 0 fully saturated rings. The van der Waals surface area contributed by atoms with Gasteiger partial charge in [-0.1, -0.05) is 25.1 Å². The first-order valence-electron chi connectivity index (χ1n) is 4.33. The summed E-state index contributed by atoms with van der Waals surface area (Å²) in [5.41, 5.74) is 2.10. The first-order chi connectivity index (χ1) is 5.79. The molecule has 0 radical (unpaired) electrons. The molecule has 0 heterocycles. The van der Waals surface area contributed by atoms with Crippen molar-refractivity contribution in [3.05, 3.63) is 29.8 Å². The van der Waals surface area contributed by atoms with Gasteiger partial charge in [0.1, 0.15) is 0 Å². The number of nitrogens with zero attached hydrogens (tertiary/aromatic N) is 1. The van der Waals surface area contributed by atoms with Gasteiger partial charge in [-0.05, 0) is 25.0 Å². The lowest BCUT2D eigenvalue weighted by atomic mass is 10.1. The van der Waals surface area contributed by atoms with E-state index >= 15 is 0 Å². The Morgan fingerprint density at radius 3 is 2.50 bits per heavy atom. The van der Waals surface area contributed by atoms with Crippen LogP contribution in [0.4, 0.5) is 5.69 Å². The number of hydroxylamine groups is 1. The second kappa shape index (κ2) is 4.12. The Bertz CT molecular complexity index is 247. The summed E-state index contributed by atoms with van der Waals surface area (Å²) in [6.07, 6.45) is 0.952. The van der Waals surface area contributed by atoms with Gasteiger partial charge in [0, 0.05) is 6.54 Å². The van der Waals surface area contributed by atoms with Crippen LogP contribution in [0.1, 0.15) is 19.4 Å². The zero-order valence-electron chi connectivity index (χ0n) is 7.62. The summed E-state index contributed by atoms with van der Waals surface area (Å²) in [7, 11) is 0. The van der Waals surface area contributed by atoms with Gasteiger partial charge < -0.3 is 0 Å². The van der Waals surface area contributed by atoms with E-state index in [1.54, 1.807) is 0 Å². The highest BCUT2D eigenvalue weighted by molar-refractivity contribution is 5.51. The van der Waals surface area contributed by atoms with E-state index in [1.807, 2.05) is 31.2 Å². The van der Waals surface area contributed by atoms with Gasteiger partial charge in [-0.3, -0.25) is 10.3 Å². The standard InChI is InChI=1S/C10H15NO/c1-3-9-7-5-6-8-10(9)11(12)4-2/h5-8,12H,3-4H2,1-2H3. The number of benzene rings is 1. The maximum Gasteiger partial charge on any atom is 0.0665 e. The average Bonchev–Trinajstić information content (AvgIpc) is 2.16. The van der Waals surface area contributed by atoms with Gasteiger partial charge in [0.2, 0.25) is 0 Å². The Labute approximate surface area is 73.4 Å². The van der Waals surface area contributed by atoms with Crippen molar-refractivity contribution in [1.82, 2.24) is 0 Å². The molecule has 0 saturated heterocycles. The Hall–Kier alpha value is -1.02. The molecule has 1 rings (SSSR count). The van der Waals surface area contributed by atoms with E-state index in [-0.39, 0.29) is 0 Å². The fourth-order valence-corrected chi connectivity index (χ4v) is 1.23. The summed E-state index contributed by atoms with van der Waals surface area (Å²) in [5, 5.41) is 10.8. The van der Waals surface area contributed by atoms with Gasteiger partial charge in [0.15, 0.2) is 0 Å². The third kappa shape index (κ3) is 1.77. The molecule has 0 atom stereocenters. The lowest BCUT2D eigenvalue weighted by molar-refractivity contribution is 0.259. The minimum atomic E-state index is 0.622. The summed E-state index contributed by atoms with van der Waals surface area (Å²) >= 11 is 0. The number of aryl methyl sites for hydroxylation is 1. The molecule has 66 valence electrons. The van der Waals surface area contributed by atoms with E-state index in [1.165, 1.54) is 10.6 Å². The van der Waals surface area contributed by atoms with Crippen molar-refractivity contribution in [2.45, 2.75) is 20.3 Å². The molecule has 0 aliphatic rings. The Morgan fingerprint density at radius 1 is 1.25 bits per heavy atom. The minimum absolute atomic E-state index is 0.622. The van der Waals surface area contributed by atoms with Gasteiger partial charge in [0.25, 0.3) is 0 Å². The van der Waals surface area contributed by atoms with Crippen LogP contribution in [0.5, 0.6) is 0 Å². The first-order valence-corrected chi connectivity index (χ1v) is 4.33. The SMILES string of the molecule is CCc1ccccc1N(O)CC. The van der Waals surface area contributed by atoms with Crippen LogP contribution >= 0.6 is 0 Å². The normalized spacial score (nSPS) is 9.92. The molecule has 0 spiro atoms. The third-order valence-electron chi connectivity index (χ3n) is 1.95. The molecule has 0 aliphatic carbocycles. The van der Waals surface area contributed by atoms with Gasteiger partial charge >= 0.3 is 0 Å². The molecule has 0 saturated carbocycles. The highest BCUT2D eigenvalue weighted by atomic mass is 16.5. The van der Waals surface area contributed by atoms with Crippen molar-refractivity contribution in [3.8, 4) is 0 Å². The van der Waals surface area contributed by atoms with Crippen LogP contribution < -0.4 is 5.06 Å². The van der Waals surface area contributed by atoms with E-state index in [0.717, 1.165) is 12.1 Å². The number of anilines is 1. The fraction of sp³-hybridized carbons (Fsp3) is 0.400. The molecular formula is C10H15NO. The molecule has 0 unspecified atom stereocenters. The first kappa shape index (κ1) is 9.07. The quantitative estimate of drug-likeness (QED) is 0.695. The Morgan fingerprint density at radius 2 is 1.92 bits per heavy atom. The van der Waals surface area contributed by atoms with E-state index in [2.05, 4.69) is 6.92 Å². The monoisotopic (exact) mass is 165 g/mol. The van der Waals surface area contributed by atoms with E-state index in [0.29, 0.717) is 6.54 Å². The van der Waals surface area contributed by atoms with Gasteiger partial charge in [0.05, 0.1) is 5.69 Å². The smallest absolute Gasteiger partial charge is 0.0665 e. The highest BCUT2D eigenvalue weighted by Crippen LogP contribution is 2.18. The molecule has 0 aliphatic heterocycles. The number of hydrogen-bond donors (Lipinski definition) is 1. The van der Waals surface area contributed by atoms with Gasteiger partial charge in [-0.25, -0.2) is 0 Å². The van der Waals surface area contributed by atoms with Gasteiger partial charge in [-0.2, -0.15) is 0 Å². The van der Waals surface area contributed by atoms with Crippen molar-refractivity contribution < 1.29 is 5.21 Å². The van der Waals surface area contributed by atoms with Crippen molar-refractivity contribution >= 4 is 5.69 Å². The second-order valence-electron chi connectivity index (χ2n) is 2.70.